The number of Topliss-reactive ketones (excluding diaryl/α,β-unsaturated/α-hetero) is 1. The van der Waals surface area contributed by atoms with Crippen molar-refractivity contribution in [1.82, 2.24) is 0 Å². The number of ketones is 1. The van der Waals surface area contributed by atoms with Gasteiger partial charge in [-0.2, -0.15) is 0 Å². The molecule has 0 aliphatic rings. The molecule has 0 fully saturated rings. The van der Waals surface area contributed by atoms with Gasteiger partial charge >= 0.3 is 15.2 Å². The van der Waals surface area contributed by atoms with Crippen LogP contribution in [0.25, 0.3) is 11.1 Å². The summed E-state index contributed by atoms with van der Waals surface area (Å²) < 4.78 is 22.4. The van der Waals surface area contributed by atoms with Gasteiger partial charge in [0.25, 0.3) is 0 Å². The van der Waals surface area contributed by atoms with Crippen LogP contribution in [0.5, 0.6) is 0 Å². The molecule has 0 aliphatic carbocycles. The summed E-state index contributed by atoms with van der Waals surface area (Å²) in [5.74, 6) is -0.0406. The van der Waals surface area contributed by atoms with Crippen molar-refractivity contribution in [1.29, 1.82) is 0 Å². The van der Waals surface area contributed by atoms with E-state index in [4.69, 9.17) is 19.6 Å². The molecule has 2 aromatic carbocycles. The fraction of sp³-hybridized carbons (Fsp3) is 0.316. The maximum Gasteiger partial charge on any atom is 0.340 e. The summed E-state index contributed by atoms with van der Waals surface area (Å²) in [6.45, 7) is 0. The van der Waals surface area contributed by atoms with Crippen LogP contribution in [0, 0.1) is 0 Å². The van der Waals surface area contributed by atoms with Gasteiger partial charge in [0, 0.05) is 12.0 Å². The van der Waals surface area contributed by atoms with Crippen LogP contribution < -0.4 is 0 Å². The summed E-state index contributed by atoms with van der Waals surface area (Å²) >= 11 is 0. The molecule has 0 saturated carbocycles. The Hall–Kier alpha value is -1.59. The molecule has 0 saturated heterocycles. The highest BCUT2D eigenvalue weighted by Gasteiger charge is 2.42. The van der Waals surface area contributed by atoms with Gasteiger partial charge in [-0.1, -0.05) is 67.4 Å². The fourth-order valence-corrected chi connectivity index (χ4v) is 5.55. The van der Waals surface area contributed by atoms with Crippen molar-refractivity contribution in [3.8, 4) is 11.1 Å². The van der Waals surface area contributed by atoms with E-state index in [1.807, 2.05) is 42.5 Å². The monoisotopic (exact) mass is 426 g/mol. The van der Waals surface area contributed by atoms with Gasteiger partial charge in [0.15, 0.2) is 11.2 Å². The first-order valence-corrected chi connectivity index (χ1v) is 12.2. The predicted octanol–water partition coefficient (Wildman–Crippen LogP) is 4.17. The van der Waals surface area contributed by atoms with E-state index in [2.05, 4.69) is 0 Å². The third-order valence-electron chi connectivity index (χ3n) is 4.46. The van der Waals surface area contributed by atoms with Crippen LogP contribution in [0.15, 0.2) is 54.6 Å². The topological polar surface area (TPSA) is 132 Å². The number of benzene rings is 2. The number of hydrogen-bond acceptors (Lipinski definition) is 3. The maximum absolute atomic E-state index is 12.3. The van der Waals surface area contributed by atoms with Crippen molar-refractivity contribution in [2.45, 2.75) is 37.5 Å². The lowest BCUT2D eigenvalue weighted by Gasteiger charge is -2.19. The smallest absolute Gasteiger partial charge is 0.324 e. The maximum atomic E-state index is 12.3. The number of hydrogen-bond donors (Lipinski definition) is 4. The molecule has 4 N–H and O–H groups in total. The van der Waals surface area contributed by atoms with Gasteiger partial charge in [-0.25, -0.2) is 0 Å². The quantitative estimate of drug-likeness (QED) is 0.255. The summed E-state index contributed by atoms with van der Waals surface area (Å²) in [6, 6.07) is 17.1. The zero-order chi connectivity index (χ0) is 20.8. The van der Waals surface area contributed by atoms with Crippen LogP contribution in [-0.2, 0) is 9.13 Å². The molecule has 0 radical (unpaired) electrons. The minimum atomic E-state index is -4.87. The lowest BCUT2D eigenvalue weighted by Crippen LogP contribution is -2.09. The van der Waals surface area contributed by atoms with Gasteiger partial charge in [0.05, 0.1) is 0 Å². The van der Waals surface area contributed by atoms with Crippen LogP contribution in [-0.4, -0.2) is 30.8 Å². The van der Waals surface area contributed by atoms with Crippen LogP contribution in [0.1, 0.15) is 42.5 Å². The van der Waals surface area contributed by atoms with Crippen LogP contribution in [0.3, 0.4) is 0 Å². The number of carbonyl (C=O) groups excluding carboxylic acids is 1. The van der Waals surface area contributed by atoms with Gasteiger partial charge in [0.2, 0.25) is 0 Å². The minimum absolute atomic E-state index is 0.0406. The van der Waals surface area contributed by atoms with E-state index in [1.54, 1.807) is 12.1 Å². The van der Waals surface area contributed by atoms with Crippen molar-refractivity contribution in [3.05, 3.63) is 60.2 Å². The van der Waals surface area contributed by atoms with Gasteiger partial charge in [0.1, 0.15) is 0 Å². The lowest BCUT2D eigenvalue weighted by atomic mass is 10.00. The molecule has 0 heterocycles. The van der Waals surface area contributed by atoms with Gasteiger partial charge in [-0.3, -0.25) is 13.9 Å². The Kier molecular flexibility index (Phi) is 7.90. The van der Waals surface area contributed by atoms with E-state index in [0.29, 0.717) is 18.4 Å². The Bertz CT molecular complexity index is 847. The summed E-state index contributed by atoms with van der Waals surface area (Å²) in [4.78, 5) is 48.6. The normalized spacial score (nSPS) is 12.3. The molecule has 0 spiro atoms. The van der Waals surface area contributed by atoms with E-state index < -0.39 is 20.6 Å². The largest absolute Gasteiger partial charge is 0.340 e. The third-order valence-corrected chi connectivity index (χ3v) is 8.33. The zero-order valence-electron chi connectivity index (χ0n) is 15.2. The Morgan fingerprint density at radius 2 is 1.29 bits per heavy atom. The molecule has 0 unspecified atom stereocenters. The van der Waals surface area contributed by atoms with E-state index in [1.165, 1.54) is 0 Å². The molecule has 0 atom stereocenters. The molecule has 0 aliphatic heterocycles. The fourth-order valence-electron chi connectivity index (χ4n) is 2.95. The first kappa shape index (κ1) is 22.7. The standard InChI is InChI=1S/C19H24O7P2/c20-18(9-5-2-6-10-19(27(21,22)23)28(24,25)26)17-13-11-16(12-14-17)15-7-3-1-4-8-15/h1,3-4,7-8,11-14,19H,2,5-6,9-10H2,(H2,21,22,23)(H2,24,25,26). The molecule has 0 amide bonds. The lowest BCUT2D eigenvalue weighted by molar-refractivity contribution is 0.0979. The first-order chi connectivity index (χ1) is 13.1. The number of unbranched alkanes of at least 4 members (excludes halogenated alkanes) is 2. The summed E-state index contributed by atoms with van der Waals surface area (Å²) in [5, 5.41) is -1.97. The van der Waals surface area contributed by atoms with Crippen LogP contribution in [0.4, 0.5) is 0 Å². The van der Waals surface area contributed by atoms with Gasteiger partial charge in [-0.15, -0.1) is 0 Å². The van der Waals surface area contributed by atoms with E-state index in [9.17, 15) is 13.9 Å². The molecule has 9 heteroatoms. The summed E-state index contributed by atoms with van der Waals surface area (Å²) in [7, 11) is -9.75. The Morgan fingerprint density at radius 1 is 0.750 bits per heavy atom. The van der Waals surface area contributed by atoms with Gasteiger partial charge < -0.3 is 19.6 Å². The molecular formula is C19H24O7P2. The number of carbonyl (C=O) groups is 1. The molecule has 2 aromatic rings. The molecule has 0 bridgehead atoms. The van der Waals surface area contributed by atoms with Gasteiger partial charge in [-0.05, 0) is 24.0 Å². The molecule has 28 heavy (non-hydrogen) atoms. The van der Waals surface area contributed by atoms with E-state index in [0.717, 1.165) is 11.1 Å². The molecule has 7 nitrogen and oxygen atoms in total. The highest BCUT2D eigenvalue weighted by Crippen LogP contribution is 2.61. The van der Waals surface area contributed by atoms with Crippen molar-refractivity contribution in [3.63, 3.8) is 0 Å². The predicted molar refractivity (Wildman–Crippen MR) is 107 cm³/mol. The van der Waals surface area contributed by atoms with Crippen molar-refractivity contribution in [2.75, 3.05) is 0 Å². The highest BCUT2D eigenvalue weighted by atomic mass is 31.2. The van der Waals surface area contributed by atoms with Crippen molar-refractivity contribution < 1.29 is 33.5 Å². The van der Waals surface area contributed by atoms with Crippen molar-refractivity contribution in [2.24, 2.45) is 0 Å². The van der Waals surface area contributed by atoms with Crippen LogP contribution in [0.2, 0.25) is 0 Å². The average molecular weight is 426 g/mol. The van der Waals surface area contributed by atoms with E-state index >= 15 is 0 Å². The van der Waals surface area contributed by atoms with E-state index in [-0.39, 0.29) is 25.0 Å². The number of rotatable bonds is 10. The second-order valence-electron chi connectivity index (χ2n) is 6.62. The molecule has 0 aromatic heterocycles. The Morgan fingerprint density at radius 3 is 1.82 bits per heavy atom. The Labute approximate surface area is 163 Å². The molecule has 2 rings (SSSR count). The SMILES string of the molecule is O=C(CCCCCC(P(=O)(O)O)P(=O)(O)O)c1ccc(-c2ccccc2)cc1. The van der Waals surface area contributed by atoms with Crippen molar-refractivity contribution >= 4 is 21.0 Å². The highest BCUT2D eigenvalue weighted by molar-refractivity contribution is 7.70. The second kappa shape index (κ2) is 9.75. The third kappa shape index (κ3) is 6.78. The summed E-state index contributed by atoms with van der Waals surface area (Å²) in [6.07, 6.45) is 1.13. The average Bonchev–Trinajstić information content (AvgIpc) is 2.63. The molecule has 152 valence electrons. The summed E-state index contributed by atoms with van der Waals surface area (Å²) in [5.41, 5.74) is 2.66. The minimum Gasteiger partial charge on any atom is -0.324 e. The van der Waals surface area contributed by atoms with Crippen LogP contribution >= 0.6 is 15.2 Å². The Balaban J connectivity index is 1.81. The molecular weight excluding hydrogens is 402 g/mol. The zero-order valence-corrected chi connectivity index (χ0v) is 17.0. The first-order valence-electron chi connectivity index (χ1n) is 8.88. The second-order valence-corrected chi connectivity index (χ2v) is 10.6.